The highest BCUT2D eigenvalue weighted by Gasteiger charge is 2.16. The SMILES string of the molecule is O=c1ccc2cc3ccoc3c(OCCN3CCCC3)c2o1. The lowest BCUT2D eigenvalue weighted by Crippen LogP contribution is -2.25. The quantitative estimate of drug-likeness (QED) is 0.693. The molecule has 5 nitrogen and oxygen atoms in total. The lowest BCUT2D eigenvalue weighted by Gasteiger charge is -2.15. The Bertz CT molecular complexity index is 858. The highest BCUT2D eigenvalue weighted by atomic mass is 16.5. The molecule has 0 N–H and O–H groups in total. The summed E-state index contributed by atoms with van der Waals surface area (Å²) in [6, 6.07) is 6.99. The van der Waals surface area contributed by atoms with Gasteiger partial charge < -0.3 is 13.6 Å². The van der Waals surface area contributed by atoms with Crippen LogP contribution in [0.25, 0.3) is 21.9 Å². The van der Waals surface area contributed by atoms with Crippen molar-refractivity contribution in [3.63, 3.8) is 0 Å². The van der Waals surface area contributed by atoms with Crippen LogP contribution < -0.4 is 10.4 Å². The zero-order valence-electron chi connectivity index (χ0n) is 12.2. The van der Waals surface area contributed by atoms with Crippen LogP contribution in [0.5, 0.6) is 5.75 Å². The fourth-order valence-corrected chi connectivity index (χ4v) is 3.02. The summed E-state index contributed by atoms with van der Waals surface area (Å²) in [5.74, 6) is 0.523. The normalized spacial score (nSPS) is 15.8. The molecule has 3 heterocycles. The number of hydrogen-bond acceptors (Lipinski definition) is 5. The number of ether oxygens (including phenoxy) is 1. The molecule has 0 spiro atoms. The van der Waals surface area contributed by atoms with Gasteiger partial charge in [-0.1, -0.05) is 0 Å². The minimum Gasteiger partial charge on any atom is -0.485 e. The van der Waals surface area contributed by atoms with Crippen LogP contribution in [0, 0.1) is 0 Å². The molecule has 0 aliphatic carbocycles. The van der Waals surface area contributed by atoms with E-state index >= 15 is 0 Å². The van der Waals surface area contributed by atoms with Crippen LogP contribution in [0.1, 0.15) is 12.8 Å². The van der Waals surface area contributed by atoms with Gasteiger partial charge in [-0.3, -0.25) is 4.90 Å². The first-order chi connectivity index (χ1) is 10.8. The van der Waals surface area contributed by atoms with Crippen molar-refractivity contribution in [2.45, 2.75) is 12.8 Å². The van der Waals surface area contributed by atoms with Crippen LogP contribution in [0.3, 0.4) is 0 Å². The van der Waals surface area contributed by atoms with Crippen molar-refractivity contribution >= 4 is 21.9 Å². The molecule has 22 heavy (non-hydrogen) atoms. The second kappa shape index (κ2) is 5.50. The first kappa shape index (κ1) is 13.4. The smallest absolute Gasteiger partial charge is 0.336 e. The molecule has 1 aliphatic rings. The molecule has 1 aliphatic heterocycles. The highest BCUT2D eigenvalue weighted by Crippen LogP contribution is 2.34. The summed E-state index contributed by atoms with van der Waals surface area (Å²) in [6.07, 6.45) is 4.13. The Morgan fingerprint density at radius 1 is 1.09 bits per heavy atom. The molecule has 1 aromatic carbocycles. The van der Waals surface area contributed by atoms with E-state index in [0.717, 1.165) is 30.4 Å². The molecule has 4 rings (SSSR count). The number of hydrogen-bond donors (Lipinski definition) is 0. The van der Waals surface area contributed by atoms with E-state index in [-0.39, 0.29) is 5.63 Å². The zero-order chi connectivity index (χ0) is 14.9. The van der Waals surface area contributed by atoms with Crippen LogP contribution in [0.2, 0.25) is 0 Å². The number of nitrogens with zero attached hydrogens (tertiary/aromatic N) is 1. The van der Waals surface area contributed by atoms with Gasteiger partial charge in [0.25, 0.3) is 0 Å². The van der Waals surface area contributed by atoms with Gasteiger partial charge in [0.2, 0.25) is 5.75 Å². The van der Waals surface area contributed by atoms with E-state index in [1.54, 1.807) is 12.3 Å². The van der Waals surface area contributed by atoms with Crippen LogP contribution >= 0.6 is 0 Å². The summed E-state index contributed by atoms with van der Waals surface area (Å²) in [6.45, 7) is 3.68. The lowest BCUT2D eigenvalue weighted by atomic mass is 10.1. The lowest BCUT2D eigenvalue weighted by molar-refractivity contribution is 0.237. The molecular weight excluding hydrogens is 282 g/mol. The Morgan fingerprint density at radius 2 is 1.91 bits per heavy atom. The van der Waals surface area contributed by atoms with Gasteiger partial charge in [-0.25, -0.2) is 4.79 Å². The van der Waals surface area contributed by atoms with E-state index in [1.807, 2.05) is 12.1 Å². The Labute approximate surface area is 127 Å². The summed E-state index contributed by atoms with van der Waals surface area (Å²) in [7, 11) is 0. The fourth-order valence-electron chi connectivity index (χ4n) is 3.02. The average Bonchev–Trinajstić information content (AvgIpc) is 3.18. The van der Waals surface area contributed by atoms with Gasteiger partial charge in [-0.15, -0.1) is 0 Å². The van der Waals surface area contributed by atoms with Crippen molar-refractivity contribution in [2.75, 3.05) is 26.2 Å². The molecular formula is C17H17NO4. The van der Waals surface area contributed by atoms with Gasteiger partial charge in [0.15, 0.2) is 11.2 Å². The second-order valence-electron chi connectivity index (χ2n) is 5.61. The van der Waals surface area contributed by atoms with Gasteiger partial charge in [-0.2, -0.15) is 0 Å². The third kappa shape index (κ3) is 2.37. The molecule has 1 saturated heterocycles. The van der Waals surface area contributed by atoms with Gasteiger partial charge in [0, 0.05) is 23.4 Å². The first-order valence-corrected chi connectivity index (χ1v) is 7.60. The number of fused-ring (bicyclic) bond motifs is 2. The molecule has 0 bridgehead atoms. The van der Waals surface area contributed by atoms with Crippen molar-refractivity contribution in [3.05, 3.63) is 40.9 Å². The minimum absolute atomic E-state index is 0.386. The van der Waals surface area contributed by atoms with E-state index in [2.05, 4.69) is 4.90 Å². The standard InChI is InChI=1S/C17H17NO4/c19-14-4-3-12-11-13-5-9-20-15(13)17(16(12)22-14)21-10-8-18-6-1-2-7-18/h3-5,9,11H,1-2,6-8,10H2. The molecule has 0 saturated carbocycles. The van der Waals surface area contributed by atoms with E-state index < -0.39 is 0 Å². The van der Waals surface area contributed by atoms with E-state index in [1.165, 1.54) is 18.9 Å². The molecule has 114 valence electrons. The summed E-state index contributed by atoms with van der Waals surface area (Å²) in [4.78, 5) is 13.9. The third-order valence-electron chi connectivity index (χ3n) is 4.14. The van der Waals surface area contributed by atoms with Gasteiger partial charge in [0.1, 0.15) is 6.61 Å². The minimum atomic E-state index is -0.386. The van der Waals surface area contributed by atoms with Crippen LogP contribution in [-0.2, 0) is 0 Å². The highest BCUT2D eigenvalue weighted by molar-refractivity contribution is 5.99. The van der Waals surface area contributed by atoms with Crippen molar-refractivity contribution in [3.8, 4) is 5.75 Å². The third-order valence-corrected chi connectivity index (χ3v) is 4.14. The summed E-state index contributed by atoms with van der Waals surface area (Å²) in [5.41, 5.74) is 0.697. The van der Waals surface area contributed by atoms with E-state index in [4.69, 9.17) is 13.6 Å². The maximum absolute atomic E-state index is 11.5. The molecule has 0 unspecified atom stereocenters. The van der Waals surface area contributed by atoms with Crippen molar-refractivity contribution < 1.29 is 13.6 Å². The van der Waals surface area contributed by atoms with Crippen molar-refractivity contribution in [1.82, 2.24) is 4.90 Å². The Morgan fingerprint density at radius 3 is 2.77 bits per heavy atom. The van der Waals surface area contributed by atoms with Crippen LogP contribution in [0.4, 0.5) is 0 Å². The molecule has 0 radical (unpaired) electrons. The van der Waals surface area contributed by atoms with Crippen molar-refractivity contribution in [1.29, 1.82) is 0 Å². The van der Waals surface area contributed by atoms with E-state index in [9.17, 15) is 4.79 Å². The average molecular weight is 299 g/mol. The number of likely N-dealkylation sites (tertiary alicyclic amines) is 1. The number of rotatable bonds is 4. The summed E-state index contributed by atoms with van der Waals surface area (Å²) < 4.78 is 16.8. The largest absolute Gasteiger partial charge is 0.485 e. The van der Waals surface area contributed by atoms with E-state index in [0.29, 0.717) is 23.5 Å². The molecule has 2 aromatic heterocycles. The number of furan rings is 1. The molecule has 0 atom stereocenters. The molecule has 0 amide bonds. The first-order valence-electron chi connectivity index (χ1n) is 7.60. The Kier molecular flexibility index (Phi) is 3.35. The van der Waals surface area contributed by atoms with Crippen molar-refractivity contribution in [2.24, 2.45) is 0 Å². The molecule has 3 aromatic rings. The predicted molar refractivity (Wildman–Crippen MR) is 83.4 cm³/mol. The molecule has 5 heteroatoms. The maximum Gasteiger partial charge on any atom is 0.336 e. The molecule has 1 fully saturated rings. The van der Waals surface area contributed by atoms with Crippen LogP contribution in [-0.4, -0.2) is 31.1 Å². The monoisotopic (exact) mass is 299 g/mol. The summed E-state index contributed by atoms with van der Waals surface area (Å²) in [5, 5.41) is 1.78. The van der Waals surface area contributed by atoms with Crippen LogP contribution in [0.15, 0.2) is 44.2 Å². The Balaban J connectivity index is 1.70. The zero-order valence-corrected chi connectivity index (χ0v) is 12.2. The number of benzene rings is 1. The maximum atomic E-state index is 11.5. The fraction of sp³-hybridized carbons (Fsp3) is 0.353. The van der Waals surface area contributed by atoms with Gasteiger partial charge >= 0.3 is 5.63 Å². The topological polar surface area (TPSA) is 55.8 Å². The van der Waals surface area contributed by atoms with Gasteiger partial charge in [0.05, 0.1) is 6.26 Å². The second-order valence-corrected chi connectivity index (χ2v) is 5.61. The predicted octanol–water partition coefficient (Wildman–Crippen LogP) is 3.01. The summed E-state index contributed by atoms with van der Waals surface area (Å²) >= 11 is 0. The Hall–Kier alpha value is -2.27. The van der Waals surface area contributed by atoms with Gasteiger partial charge in [-0.05, 0) is 44.1 Å².